The zero-order valence-corrected chi connectivity index (χ0v) is 28.4. The highest BCUT2D eigenvalue weighted by Gasteiger charge is 2.20. The molecule has 0 unspecified atom stereocenters. The summed E-state index contributed by atoms with van der Waals surface area (Å²) >= 11 is 0. The number of nitrogens with one attached hydrogen (secondary N) is 3. The molecule has 0 bridgehead atoms. The monoisotopic (exact) mass is 582 g/mol. The van der Waals surface area contributed by atoms with Crippen LogP contribution in [-0.2, 0) is 17.9 Å². The smallest absolute Gasteiger partial charge is 0.0868 e. The van der Waals surface area contributed by atoms with Gasteiger partial charge >= 0.3 is 0 Å². The molecule has 3 aliphatic rings. The van der Waals surface area contributed by atoms with Crippen molar-refractivity contribution < 1.29 is 4.74 Å². The summed E-state index contributed by atoms with van der Waals surface area (Å²) in [5.74, 6) is 1.87. The standard InChI is InChI=1S/C10H15NO.C7H11N.C6H10N2.2C6H13N/c1-8(2)9-5-10-7-12-4-3-11(10)6-9;1-6(2)7-3-4-8-5-7;1-5(2)6-3-7-8-4-6;1-6(2)7-4-3-5-7;1-5(2)7-6-3-4-6/h5-6,8H,3-4,7H2,1-2H3;3-6,8H,1-2H3;3-5H,1-2H3,(H,7,8);6H,3-5H2,1-2H3;5-7H,3-4H2,1-2H3. The van der Waals surface area contributed by atoms with Crippen LogP contribution in [0, 0.1) is 0 Å². The summed E-state index contributed by atoms with van der Waals surface area (Å²) in [4.78, 5) is 5.48. The molecule has 0 aromatic carbocycles. The number of ether oxygens (including phenoxy) is 1. The molecule has 2 fully saturated rings. The fourth-order valence-corrected chi connectivity index (χ4v) is 4.41. The lowest BCUT2D eigenvalue weighted by Crippen LogP contribution is -2.41. The molecular weight excluding hydrogens is 520 g/mol. The van der Waals surface area contributed by atoms with E-state index in [-0.39, 0.29) is 0 Å². The van der Waals surface area contributed by atoms with Gasteiger partial charge in [0.1, 0.15) is 0 Å². The quantitative estimate of drug-likeness (QED) is 0.275. The Hall–Kier alpha value is -2.35. The van der Waals surface area contributed by atoms with Gasteiger partial charge in [-0.25, -0.2) is 0 Å². The Morgan fingerprint density at radius 1 is 0.857 bits per heavy atom. The highest BCUT2D eigenvalue weighted by Crippen LogP contribution is 2.20. The van der Waals surface area contributed by atoms with E-state index in [9.17, 15) is 0 Å². The first-order valence-corrected chi connectivity index (χ1v) is 16.4. The van der Waals surface area contributed by atoms with Crippen molar-refractivity contribution in [2.24, 2.45) is 0 Å². The number of rotatable bonds is 6. The van der Waals surface area contributed by atoms with Gasteiger partial charge in [0, 0.05) is 55.2 Å². The largest absolute Gasteiger partial charge is 0.373 e. The van der Waals surface area contributed by atoms with E-state index < -0.39 is 0 Å². The van der Waals surface area contributed by atoms with E-state index in [1.165, 1.54) is 54.7 Å². The molecule has 1 aliphatic carbocycles. The first kappa shape index (κ1) is 35.8. The third-order valence-corrected chi connectivity index (χ3v) is 7.64. The van der Waals surface area contributed by atoms with E-state index in [0.29, 0.717) is 23.8 Å². The molecule has 6 rings (SSSR count). The molecule has 7 heteroatoms. The van der Waals surface area contributed by atoms with Crippen molar-refractivity contribution in [3.05, 3.63) is 65.5 Å². The van der Waals surface area contributed by atoms with E-state index in [1.807, 2.05) is 24.8 Å². The predicted octanol–water partition coefficient (Wildman–Crippen LogP) is 8.06. The van der Waals surface area contributed by atoms with Crippen LogP contribution in [0.5, 0.6) is 0 Å². The SMILES string of the molecule is CC(C)N1CCC1.CC(C)NC1CC1.CC(C)c1cc2n(c1)CCOC2.CC(C)c1cc[nH]c1.CC(C)c1cn[nH]c1. The average molecular weight is 583 g/mol. The van der Waals surface area contributed by atoms with Gasteiger partial charge in [0.25, 0.3) is 0 Å². The fourth-order valence-electron chi connectivity index (χ4n) is 4.41. The Balaban J connectivity index is 0.000000187. The molecule has 42 heavy (non-hydrogen) atoms. The number of likely N-dealkylation sites (tertiary alicyclic amines) is 1. The molecule has 3 N–H and O–H groups in total. The van der Waals surface area contributed by atoms with Crippen LogP contribution in [0.1, 0.15) is 129 Å². The number of aromatic amines is 2. The Morgan fingerprint density at radius 3 is 1.83 bits per heavy atom. The van der Waals surface area contributed by atoms with Crippen molar-refractivity contribution in [3.8, 4) is 0 Å². The molecule has 0 spiro atoms. The summed E-state index contributed by atoms with van der Waals surface area (Å²) < 4.78 is 7.67. The lowest BCUT2D eigenvalue weighted by atomic mass is 10.1. The summed E-state index contributed by atoms with van der Waals surface area (Å²) in [6.07, 6.45) is 14.2. The minimum Gasteiger partial charge on any atom is -0.373 e. The van der Waals surface area contributed by atoms with Gasteiger partial charge in [-0.05, 0) is 92.8 Å². The number of fused-ring (bicyclic) bond motifs is 1. The molecular formula is C35H62N6O. The van der Waals surface area contributed by atoms with Crippen molar-refractivity contribution in [2.45, 2.75) is 138 Å². The number of aromatic nitrogens is 4. The second kappa shape index (κ2) is 19.0. The van der Waals surface area contributed by atoms with Gasteiger partial charge in [0.15, 0.2) is 0 Å². The van der Waals surface area contributed by atoms with Crippen molar-refractivity contribution in [1.29, 1.82) is 0 Å². The molecule has 2 aliphatic heterocycles. The molecule has 1 saturated heterocycles. The molecule has 0 radical (unpaired) electrons. The lowest BCUT2D eigenvalue weighted by molar-refractivity contribution is 0.0850. The van der Waals surface area contributed by atoms with E-state index in [1.54, 1.807) is 0 Å². The highest BCUT2D eigenvalue weighted by molar-refractivity contribution is 5.22. The van der Waals surface area contributed by atoms with Crippen LogP contribution in [-0.4, -0.2) is 62.5 Å². The first-order valence-electron chi connectivity index (χ1n) is 16.4. The maximum absolute atomic E-state index is 5.37. The zero-order valence-electron chi connectivity index (χ0n) is 28.4. The summed E-state index contributed by atoms with van der Waals surface area (Å²) in [6, 6.07) is 6.70. The average Bonchev–Trinajstić information content (AvgIpc) is 3.35. The van der Waals surface area contributed by atoms with Crippen LogP contribution in [0.25, 0.3) is 0 Å². The Kier molecular flexibility index (Phi) is 16.2. The van der Waals surface area contributed by atoms with E-state index in [4.69, 9.17) is 4.74 Å². The van der Waals surface area contributed by atoms with E-state index in [2.05, 4.69) is 118 Å². The Labute approximate surface area is 257 Å². The summed E-state index contributed by atoms with van der Waals surface area (Å²) in [5.41, 5.74) is 5.40. The Bertz CT molecular complexity index is 980. The minimum absolute atomic E-state index is 0.591. The maximum Gasteiger partial charge on any atom is 0.0868 e. The van der Waals surface area contributed by atoms with Crippen molar-refractivity contribution in [1.82, 2.24) is 30.0 Å². The summed E-state index contributed by atoms with van der Waals surface area (Å²) in [6.45, 7) is 27.3. The van der Waals surface area contributed by atoms with E-state index >= 15 is 0 Å². The highest BCUT2D eigenvalue weighted by atomic mass is 16.5. The molecule has 0 atom stereocenters. The van der Waals surface area contributed by atoms with Gasteiger partial charge in [-0.15, -0.1) is 0 Å². The first-order chi connectivity index (χ1) is 20.0. The summed E-state index contributed by atoms with van der Waals surface area (Å²) in [7, 11) is 0. The molecule has 0 amide bonds. The van der Waals surface area contributed by atoms with E-state index in [0.717, 1.165) is 31.8 Å². The van der Waals surface area contributed by atoms with Crippen LogP contribution >= 0.6 is 0 Å². The Morgan fingerprint density at radius 2 is 1.52 bits per heavy atom. The van der Waals surface area contributed by atoms with Crippen LogP contribution in [0.3, 0.4) is 0 Å². The molecule has 3 aromatic rings. The maximum atomic E-state index is 5.37. The van der Waals surface area contributed by atoms with Crippen LogP contribution < -0.4 is 5.32 Å². The van der Waals surface area contributed by atoms with Crippen LogP contribution in [0.4, 0.5) is 0 Å². The second-order valence-corrected chi connectivity index (χ2v) is 13.2. The normalized spacial score (nSPS) is 16.0. The van der Waals surface area contributed by atoms with Crippen LogP contribution in [0.2, 0.25) is 0 Å². The fraction of sp³-hybridized carbons (Fsp3) is 0.686. The summed E-state index contributed by atoms with van der Waals surface area (Å²) in [5, 5.41) is 10.00. The van der Waals surface area contributed by atoms with Crippen molar-refractivity contribution in [2.75, 3.05) is 19.7 Å². The van der Waals surface area contributed by atoms with Crippen molar-refractivity contribution in [3.63, 3.8) is 0 Å². The minimum atomic E-state index is 0.591. The number of H-pyrrole nitrogens is 2. The van der Waals surface area contributed by atoms with Gasteiger partial charge in [-0.2, -0.15) is 5.10 Å². The van der Waals surface area contributed by atoms with Gasteiger partial charge in [0.05, 0.1) is 19.4 Å². The second-order valence-electron chi connectivity index (χ2n) is 13.2. The molecule has 1 saturated carbocycles. The van der Waals surface area contributed by atoms with Crippen molar-refractivity contribution >= 4 is 0 Å². The van der Waals surface area contributed by atoms with Crippen LogP contribution in [0.15, 0.2) is 43.1 Å². The topological polar surface area (TPSA) is 73.9 Å². The molecule has 5 heterocycles. The zero-order chi connectivity index (χ0) is 31.1. The number of nitrogens with zero attached hydrogens (tertiary/aromatic N) is 3. The molecule has 7 nitrogen and oxygen atoms in total. The van der Waals surface area contributed by atoms with Gasteiger partial charge < -0.3 is 24.5 Å². The molecule has 3 aromatic heterocycles. The van der Waals surface area contributed by atoms with Gasteiger partial charge in [0.2, 0.25) is 0 Å². The van der Waals surface area contributed by atoms with Gasteiger partial charge in [-0.3, -0.25) is 5.10 Å². The van der Waals surface area contributed by atoms with Gasteiger partial charge in [-0.1, -0.05) is 55.4 Å². The third kappa shape index (κ3) is 14.2. The number of hydrogen-bond acceptors (Lipinski definition) is 4. The lowest BCUT2D eigenvalue weighted by Gasteiger charge is -2.34. The third-order valence-electron chi connectivity index (χ3n) is 7.64. The predicted molar refractivity (Wildman–Crippen MR) is 178 cm³/mol. The molecule has 238 valence electrons. The number of hydrogen-bond donors (Lipinski definition) is 3.